The van der Waals surface area contributed by atoms with Crippen molar-refractivity contribution in [2.24, 2.45) is 0 Å². The minimum atomic E-state index is 0.0215. The lowest BCUT2D eigenvalue weighted by Crippen LogP contribution is -2.33. The number of aryl methyl sites for hydroxylation is 1. The Labute approximate surface area is 164 Å². The summed E-state index contributed by atoms with van der Waals surface area (Å²) in [7, 11) is 0. The highest BCUT2D eigenvalue weighted by Gasteiger charge is 2.19. The van der Waals surface area contributed by atoms with Gasteiger partial charge in [0.1, 0.15) is 15.8 Å². The molecule has 0 aliphatic carbocycles. The number of piperidine rings is 1. The molecule has 0 amide bonds. The van der Waals surface area contributed by atoms with Crippen LogP contribution in [0.15, 0.2) is 35.5 Å². The second-order valence-electron chi connectivity index (χ2n) is 7.11. The molecule has 0 atom stereocenters. The molecule has 5 heterocycles. The molecule has 4 aromatic rings. The molecule has 7 nitrogen and oxygen atoms in total. The van der Waals surface area contributed by atoms with Crippen molar-refractivity contribution in [1.82, 2.24) is 24.3 Å². The Hall–Kier alpha value is -3.02. The number of hydrogen-bond donors (Lipinski definition) is 1. The molecule has 1 aliphatic rings. The number of thiazole rings is 1. The van der Waals surface area contributed by atoms with Gasteiger partial charge in [-0.15, -0.1) is 11.3 Å². The van der Waals surface area contributed by atoms with Gasteiger partial charge in [0.15, 0.2) is 5.65 Å². The van der Waals surface area contributed by atoms with Crippen molar-refractivity contribution >= 4 is 27.2 Å². The third-order valence-electron chi connectivity index (χ3n) is 5.22. The highest BCUT2D eigenvalue weighted by Crippen LogP contribution is 2.30. The second kappa shape index (κ2) is 6.55. The zero-order valence-electron chi connectivity index (χ0n) is 15.3. The van der Waals surface area contributed by atoms with Crippen LogP contribution in [-0.2, 0) is 0 Å². The topological polar surface area (TPSA) is 88.0 Å². The smallest absolute Gasteiger partial charge is 0.270 e. The maximum absolute atomic E-state index is 13.1. The molecule has 1 saturated heterocycles. The predicted octanol–water partition coefficient (Wildman–Crippen LogP) is 2.88. The van der Waals surface area contributed by atoms with Gasteiger partial charge in [-0.05, 0) is 45.0 Å². The summed E-state index contributed by atoms with van der Waals surface area (Å²) in [6, 6.07) is 6.16. The van der Waals surface area contributed by atoms with Crippen LogP contribution in [0, 0.1) is 18.3 Å². The van der Waals surface area contributed by atoms with Crippen molar-refractivity contribution < 1.29 is 0 Å². The fourth-order valence-corrected chi connectivity index (χ4v) is 4.83. The summed E-state index contributed by atoms with van der Waals surface area (Å²) in [6.45, 7) is 3.77. The van der Waals surface area contributed by atoms with Crippen LogP contribution in [0.5, 0.6) is 0 Å². The van der Waals surface area contributed by atoms with Crippen LogP contribution in [0.25, 0.3) is 26.4 Å². The van der Waals surface area contributed by atoms with Crippen molar-refractivity contribution in [3.05, 3.63) is 52.3 Å². The predicted molar refractivity (Wildman–Crippen MR) is 109 cm³/mol. The van der Waals surface area contributed by atoms with Gasteiger partial charge in [0.2, 0.25) is 0 Å². The first-order valence-electron chi connectivity index (χ1n) is 9.26. The molecule has 140 valence electrons. The summed E-state index contributed by atoms with van der Waals surface area (Å²) in [6.07, 6.45) is 7.59. The Morgan fingerprint density at radius 3 is 2.89 bits per heavy atom. The van der Waals surface area contributed by atoms with Crippen molar-refractivity contribution in [3.8, 4) is 16.6 Å². The Bertz CT molecular complexity index is 1300. The summed E-state index contributed by atoms with van der Waals surface area (Å²) >= 11 is 1.39. The van der Waals surface area contributed by atoms with Gasteiger partial charge in [-0.2, -0.15) is 5.26 Å². The van der Waals surface area contributed by atoms with E-state index in [1.807, 2.05) is 40.5 Å². The molecule has 8 heteroatoms. The highest BCUT2D eigenvalue weighted by molar-refractivity contribution is 7.21. The van der Waals surface area contributed by atoms with Crippen LogP contribution >= 0.6 is 11.3 Å². The van der Waals surface area contributed by atoms with Gasteiger partial charge in [0, 0.05) is 30.2 Å². The van der Waals surface area contributed by atoms with Gasteiger partial charge < -0.3 is 14.3 Å². The van der Waals surface area contributed by atoms with E-state index in [1.54, 1.807) is 6.07 Å². The van der Waals surface area contributed by atoms with E-state index >= 15 is 0 Å². The van der Waals surface area contributed by atoms with Crippen LogP contribution in [-0.4, -0.2) is 32.0 Å². The zero-order chi connectivity index (χ0) is 19.3. The molecule has 1 aliphatic heterocycles. The van der Waals surface area contributed by atoms with Gasteiger partial charge in [0.25, 0.3) is 5.56 Å². The first-order chi connectivity index (χ1) is 13.6. The lowest BCUT2D eigenvalue weighted by atomic mass is 10.1. The number of nitrogens with zero attached hydrogens (tertiary/aromatic N) is 5. The summed E-state index contributed by atoms with van der Waals surface area (Å²) in [4.78, 5) is 22.1. The first-order valence-corrected chi connectivity index (χ1v) is 10.1. The molecule has 0 bridgehead atoms. The number of nitriles is 1. The Morgan fingerprint density at radius 1 is 1.29 bits per heavy atom. The molecule has 0 radical (unpaired) electrons. The highest BCUT2D eigenvalue weighted by atomic mass is 32.1. The first kappa shape index (κ1) is 17.1. The number of rotatable bonds is 2. The molecular formula is C20H18N6OS. The SMILES string of the molecule is Cc1cn2cc(-c3nc4ccn(C5CCNCC5)c(=O)c4s3)cc(C#N)c2n1. The molecule has 4 aromatic heterocycles. The zero-order valence-corrected chi connectivity index (χ0v) is 16.2. The number of aromatic nitrogens is 4. The molecule has 1 N–H and O–H groups in total. The average molecular weight is 390 g/mol. The summed E-state index contributed by atoms with van der Waals surface area (Å²) < 4.78 is 4.37. The van der Waals surface area contributed by atoms with Gasteiger partial charge in [-0.1, -0.05) is 0 Å². The van der Waals surface area contributed by atoms with E-state index < -0.39 is 0 Å². The monoisotopic (exact) mass is 390 g/mol. The van der Waals surface area contributed by atoms with E-state index in [0.717, 1.165) is 42.2 Å². The van der Waals surface area contributed by atoms with Crippen LogP contribution in [0.2, 0.25) is 0 Å². The van der Waals surface area contributed by atoms with E-state index in [9.17, 15) is 10.1 Å². The fourth-order valence-electron chi connectivity index (χ4n) is 3.85. The van der Waals surface area contributed by atoms with E-state index in [0.29, 0.717) is 21.4 Å². The van der Waals surface area contributed by atoms with Crippen molar-refractivity contribution in [2.75, 3.05) is 13.1 Å². The molecule has 0 spiro atoms. The minimum Gasteiger partial charge on any atom is -0.317 e. The quantitative estimate of drug-likeness (QED) is 0.569. The molecule has 5 rings (SSSR count). The molecule has 0 aromatic carbocycles. The molecule has 1 fully saturated rings. The Balaban J connectivity index is 1.64. The van der Waals surface area contributed by atoms with Gasteiger partial charge in [-0.25, -0.2) is 9.97 Å². The lowest BCUT2D eigenvalue weighted by Gasteiger charge is -2.24. The summed E-state index contributed by atoms with van der Waals surface area (Å²) in [5.41, 5.74) is 3.53. The van der Waals surface area contributed by atoms with Crippen LogP contribution < -0.4 is 10.9 Å². The molecule has 0 saturated carbocycles. The summed E-state index contributed by atoms with van der Waals surface area (Å²) in [5, 5.41) is 13.6. The van der Waals surface area contributed by atoms with Crippen LogP contribution in [0.3, 0.4) is 0 Å². The molecule has 0 unspecified atom stereocenters. The maximum Gasteiger partial charge on any atom is 0.270 e. The number of pyridine rings is 2. The van der Waals surface area contributed by atoms with Crippen molar-refractivity contribution in [2.45, 2.75) is 25.8 Å². The average Bonchev–Trinajstić information content (AvgIpc) is 3.31. The standard InChI is InChI=1S/C20H18N6OS/c1-12-10-25-11-14(8-13(9-21)18(25)23-12)19-24-16-4-7-26(20(27)17(16)28-19)15-2-5-22-6-3-15/h4,7-8,10-11,15,22H,2-3,5-6H2,1H3. The van der Waals surface area contributed by atoms with Gasteiger partial charge in [-0.3, -0.25) is 4.79 Å². The van der Waals surface area contributed by atoms with Crippen LogP contribution in [0.4, 0.5) is 0 Å². The number of hydrogen-bond acceptors (Lipinski definition) is 6. The molecular weight excluding hydrogens is 372 g/mol. The number of nitrogens with one attached hydrogen (secondary N) is 1. The van der Waals surface area contributed by atoms with Crippen LogP contribution in [0.1, 0.15) is 30.1 Å². The summed E-state index contributed by atoms with van der Waals surface area (Å²) in [5.74, 6) is 0. The van der Waals surface area contributed by atoms with E-state index in [-0.39, 0.29) is 11.6 Å². The second-order valence-corrected chi connectivity index (χ2v) is 8.11. The van der Waals surface area contributed by atoms with Crippen molar-refractivity contribution in [1.29, 1.82) is 5.26 Å². The van der Waals surface area contributed by atoms with E-state index in [1.165, 1.54) is 11.3 Å². The van der Waals surface area contributed by atoms with E-state index in [4.69, 9.17) is 0 Å². The lowest BCUT2D eigenvalue weighted by molar-refractivity contribution is 0.362. The van der Waals surface area contributed by atoms with Gasteiger partial charge in [0.05, 0.1) is 16.8 Å². The van der Waals surface area contributed by atoms with E-state index in [2.05, 4.69) is 21.4 Å². The Kier molecular flexibility index (Phi) is 4.00. The number of imidazole rings is 1. The van der Waals surface area contributed by atoms with Gasteiger partial charge >= 0.3 is 0 Å². The number of fused-ring (bicyclic) bond motifs is 2. The largest absolute Gasteiger partial charge is 0.317 e. The fraction of sp³-hybridized carbons (Fsp3) is 0.300. The Morgan fingerprint density at radius 2 is 2.11 bits per heavy atom. The molecule has 28 heavy (non-hydrogen) atoms. The third-order valence-corrected chi connectivity index (χ3v) is 6.32. The maximum atomic E-state index is 13.1. The van der Waals surface area contributed by atoms with Crippen molar-refractivity contribution in [3.63, 3.8) is 0 Å². The third kappa shape index (κ3) is 2.71. The minimum absolute atomic E-state index is 0.0215. The normalized spacial score (nSPS) is 15.3.